The van der Waals surface area contributed by atoms with Crippen LogP contribution in [0.2, 0.25) is 0 Å². The van der Waals surface area contributed by atoms with Crippen molar-refractivity contribution in [2.45, 2.75) is 25.8 Å². The Kier molecular flexibility index (Phi) is 6.44. The average molecular weight is 302 g/mol. The number of hydrogen-bond donors (Lipinski definition) is 2. The molecule has 0 spiro atoms. The van der Waals surface area contributed by atoms with Gasteiger partial charge in [0.1, 0.15) is 0 Å². The number of carbonyl (C=O) groups is 1. The first-order valence-electron chi connectivity index (χ1n) is 7.34. The number of hydrogen-bond acceptors (Lipinski definition) is 3. The molecule has 2 N–H and O–H groups in total. The van der Waals surface area contributed by atoms with E-state index in [0.717, 1.165) is 24.3 Å². The number of nitrogens with one attached hydrogen (secondary N) is 2. The molecule has 2 rings (SSSR count). The Morgan fingerprint density at radius 3 is 2.67 bits per heavy atom. The summed E-state index contributed by atoms with van der Waals surface area (Å²) in [7, 11) is 0. The van der Waals surface area contributed by atoms with E-state index in [1.54, 1.807) is 0 Å². The molecule has 0 aliphatic heterocycles. The van der Waals surface area contributed by atoms with Gasteiger partial charge in [0, 0.05) is 19.1 Å². The predicted molar refractivity (Wildman–Crippen MR) is 88.9 cm³/mol. The molecule has 0 aliphatic carbocycles. The van der Waals surface area contributed by atoms with Crippen molar-refractivity contribution < 1.29 is 4.79 Å². The lowest BCUT2D eigenvalue weighted by Crippen LogP contribution is -2.35. The zero-order chi connectivity index (χ0) is 14.9. The van der Waals surface area contributed by atoms with Gasteiger partial charge >= 0.3 is 0 Å². The smallest absolute Gasteiger partial charge is 0.261 e. The topological polar surface area (TPSA) is 41.1 Å². The maximum absolute atomic E-state index is 11.7. The van der Waals surface area contributed by atoms with Crippen molar-refractivity contribution in [3.05, 3.63) is 58.3 Å². The Balaban J connectivity index is 1.57. The first-order chi connectivity index (χ1) is 10.3. The molecule has 0 radical (unpaired) electrons. The van der Waals surface area contributed by atoms with Crippen LogP contribution in [0.1, 0.15) is 28.6 Å². The Labute approximate surface area is 130 Å². The quantitative estimate of drug-likeness (QED) is 0.736. The van der Waals surface area contributed by atoms with Gasteiger partial charge in [0.15, 0.2) is 0 Å². The van der Waals surface area contributed by atoms with Crippen molar-refractivity contribution in [2.75, 3.05) is 13.1 Å². The van der Waals surface area contributed by atoms with Crippen LogP contribution >= 0.6 is 11.3 Å². The number of amides is 1. The summed E-state index contributed by atoms with van der Waals surface area (Å²) in [6.45, 7) is 3.64. The summed E-state index contributed by atoms with van der Waals surface area (Å²) < 4.78 is 0. The fourth-order valence-corrected chi connectivity index (χ4v) is 2.76. The first kappa shape index (κ1) is 15.7. The fourth-order valence-electron chi connectivity index (χ4n) is 2.12. The van der Waals surface area contributed by atoms with Gasteiger partial charge in [0.25, 0.3) is 5.91 Å². The lowest BCUT2D eigenvalue weighted by atomic mass is 10.1. The highest BCUT2D eigenvalue weighted by Crippen LogP contribution is 2.07. The van der Waals surface area contributed by atoms with E-state index in [-0.39, 0.29) is 5.91 Å². The van der Waals surface area contributed by atoms with Gasteiger partial charge in [0.2, 0.25) is 0 Å². The van der Waals surface area contributed by atoms with E-state index in [1.165, 1.54) is 16.9 Å². The number of benzene rings is 1. The summed E-state index contributed by atoms with van der Waals surface area (Å²) in [5, 5.41) is 8.28. The maximum atomic E-state index is 11.7. The van der Waals surface area contributed by atoms with E-state index >= 15 is 0 Å². The Morgan fingerprint density at radius 1 is 1.14 bits per heavy atom. The van der Waals surface area contributed by atoms with E-state index < -0.39 is 0 Å². The minimum atomic E-state index is 0.0174. The molecule has 21 heavy (non-hydrogen) atoms. The molecule has 0 saturated carbocycles. The lowest BCUT2D eigenvalue weighted by molar-refractivity contribution is 0.0957. The van der Waals surface area contributed by atoms with E-state index in [9.17, 15) is 4.79 Å². The molecular weight excluding hydrogens is 280 g/mol. The molecule has 1 amide bonds. The molecule has 0 fully saturated rings. The zero-order valence-corrected chi connectivity index (χ0v) is 13.2. The summed E-state index contributed by atoms with van der Waals surface area (Å²) in [6, 6.07) is 14.7. The van der Waals surface area contributed by atoms with Gasteiger partial charge in [0.05, 0.1) is 4.88 Å². The molecule has 3 nitrogen and oxygen atoms in total. The molecule has 112 valence electrons. The third kappa shape index (κ3) is 5.69. The Bertz CT molecular complexity index is 525. The summed E-state index contributed by atoms with van der Waals surface area (Å²) in [5.41, 5.74) is 1.37. The van der Waals surface area contributed by atoms with Gasteiger partial charge < -0.3 is 10.6 Å². The number of thiophene rings is 1. The average Bonchev–Trinajstić information content (AvgIpc) is 3.05. The largest absolute Gasteiger partial charge is 0.350 e. The molecule has 0 bridgehead atoms. The summed E-state index contributed by atoms with van der Waals surface area (Å²) in [5.74, 6) is 0.0174. The molecule has 4 heteroatoms. The monoisotopic (exact) mass is 302 g/mol. The maximum Gasteiger partial charge on any atom is 0.261 e. The van der Waals surface area contributed by atoms with Crippen LogP contribution in [0, 0.1) is 0 Å². The standard InChI is InChI=1S/C17H22N2OS/c1-14(9-10-15-6-3-2-4-7-15)18-11-12-19-17(20)16-8-5-13-21-16/h2-8,13-14,18H,9-12H2,1H3,(H,19,20). The van der Waals surface area contributed by atoms with Gasteiger partial charge in [-0.15, -0.1) is 11.3 Å². The number of rotatable bonds is 8. The highest BCUT2D eigenvalue weighted by atomic mass is 32.1. The van der Waals surface area contributed by atoms with Crippen LogP contribution in [0.5, 0.6) is 0 Å². The number of carbonyl (C=O) groups excluding carboxylic acids is 1. The van der Waals surface area contributed by atoms with Crippen LogP contribution in [0.3, 0.4) is 0 Å². The second-order valence-electron chi connectivity index (χ2n) is 5.11. The normalized spacial score (nSPS) is 12.0. The minimum Gasteiger partial charge on any atom is -0.350 e. The van der Waals surface area contributed by atoms with Crippen LogP contribution in [-0.4, -0.2) is 25.0 Å². The van der Waals surface area contributed by atoms with E-state index in [2.05, 4.69) is 41.8 Å². The van der Waals surface area contributed by atoms with E-state index in [0.29, 0.717) is 12.6 Å². The zero-order valence-electron chi connectivity index (χ0n) is 12.3. The third-order valence-electron chi connectivity index (χ3n) is 3.36. The second kappa shape index (κ2) is 8.60. The van der Waals surface area contributed by atoms with Crippen molar-refractivity contribution >= 4 is 17.2 Å². The Morgan fingerprint density at radius 2 is 1.95 bits per heavy atom. The highest BCUT2D eigenvalue weighted by molar-refractivity contribution is 7.12. The third-order valence-corrected chi connectivity index (χ3v) is 4.23. The fraction of sp³-hybridized carbons (Fsp3) is 0.353. The van der Waals surface area contributed by atoms with E-state index in [4.69, 9.17) is 0 Å². The molecule has 1 atom stereocenters. The minimum absolute atomic E-state index is 0.0174. The van der Waals surface area contributed by atoms with Gasteiger partial charge in [-0.05, 0) is 36.8 Å². The molecule has 1 unspecified atom stereocenters. The predicted octanol–water partition coefficient (Wildman–Crippen LogP) is 3.09. The van der Waals surface area contributed by atoms with Crippen molar-refractivity contribution in [1.29, 1.82) is 0 Å². The Hall–Kier alpha value is -1.65. The molecular formula is C17H22N2OS. The molecule has 1 aromatic heterocycles. The number of aryl methyl sites for hydroxylation is 1. The summed E-state index contributed by atoms with van der Waals surface area (Å²) in [6.07, 6.45) is 2.18. The van der Waals surface area contributed by atoms with Crippen LogP contribution < -0.4 is 10.6 Å². The van der Waals surface area contributed by atoms with Crippen molar-refractivity contribution in [1.82, 2.24) is 10.6 Å². The van der Waals surface area contributed by atoms with Crippen LogP contribution in [0.4, 0.5) is 0 Å². The van der Waals surface area contributed by atoms with Crippen LogP contribution in [0.25, 0.3) is 0 Å². The molecule has 2 aromatic rings. The molecule has 0 aliphatic rings. The van der Waals surface area contributed by atoms with Crippen molar-refractivity contribution in [3.8, 4) is 0 Å². The first-order valence-corrected chi connectivity index (χ1v) is 8.22. The lowest BCUT2D eigenvalue weighted by Gasteiger charge is -2.14. The van der Waals surface area contributed by atoms with Crippen molar-refractivity contribution in [2.24, 2.45) is 0 Å². The van der Waals surface area contributed by atoms with Gasteiger partial charge in [-0.1, -0.05) is 36.4 Å². The van der Waals surface area contributed by atoms with Gasteiger partial charge in [-0.2, -0.15) is 0 Å². The van der Waals surface area contributed by atoms with Crippen molar-refractivity contribution in [3.63, 3.8) is 0 Å². The highest BCUT2D eigenvalue weighted by Gasteiger charge is 2.05. The summed E-state index contributed by atoms with van der Waals surface area (Å²) >= 11 is 1.47. The molecule has 0 saturated heterocycles. The summed E-state index contributed by atoms with van der Waals surface area (Å²) in [4.78, 5) is 12.5. The SMILES string of the molecule is CC(CCc1ccccc1)NCCNC(=O)c1cccs1. The van der Waals surface area contributed by atoms with Gasteiger partial charge in [-0.25, -0.2) is 0 Å². The van der Waals surface area contributed by atoms with Crippen LogP contribution in [0.15, 0.2) is 47.8 Å². The van der Waals surface area contributed by atoms with E-state index in [1.807, 2.05) is 23.6 Å². The molecule has 1 heterocycles. The van der Waals surface area contributed by atoms with Crippen LogP contribution in [-0.2, 0) is 6.42 Å². The molecule has 1 aromatic carbocycles. The second-order valence-corrected chi connectivity index (χ2v) is 6.06. The van der Waals surface area contributed by atoms with Gasteiger partial charge in [-0.3, -0.25) is 4.79 Å².